The van der Waals surface area contributed by atoms with Gasteiger partial charge in [-0.05, 0) is 43.7 Å². The summed E-state index contributed by atoms with van der Waals surface area (Å²) in [4.78, 5) is 29.0. The van der Waals surface area contributed by atoms with E-state index in [1.807, 2.05) is 0 Å². The molecular formula is C20H30N4O3. The van der Waals surface area contributed by atoms with E-state index in [4.69, 9.17) is 4.74 Å². The molecule has 0 spiro atoms. The molecule has 2 fully saturated rings. The van der Waals surface area contributed by atoms with Crippen molar-refractivity contribution in [1.29, 1.82) is 0 Å². The standard InChI is InChI=1S/C20H30N4O3/c1-2-23-9-11-24(12-10-23)15-19(25)22-17-7-5-16(6-8-17)20(26)21-14-18-4-3-13-27-18/h5-8,18H,2-4,9-15H2,1H3,(H,21,26)(H,22,25). The Hall–Kier alpha value is -1.96. The van der Waals surface area contributed by atoms with E-state index in [0.717, 1.165) is 52.2 Å². The highest BCUT2D eigenvalue weighted by Gasteiger charge is 2.18. The molecule has 1 unspecified atom stereocenters. The van der Waals surface area contributed by atoms with Crippen LogP contribution in [0.4, 0.5) is 5.69 Å². The molecule has 0 radical (unpaired) electrons. The van der Waals surface area contributed by atoms with Crippen molar-refractivity contribution in [2.75, 3.05) is 57.7 Å². The fourth-order valence-corrected chi connectivity index (χ4v) is 3.49. The lowest BCUT2D eigenvalue weighted by atomic mass is 10.2. The Morgan fingerprint density at radius 2 is 1.81 bits per heavy atom. The van der Waals surface area contributed by atoms with Gasteiger partial charge in [-0.2, -0.15) is 0 Å². The van der Waals surface area contributed by atoms with Crippen LogP contribution in [0.15, 0.2) is 24.3 Å². The number of carbonyl (C=O) groups excluding carboxylic acids is 2. The quantitative estimate of drug-likeness (QED) is 0.750. The number of nitrogens with zero attached hydrogens (tertiary/aromatic N) is 2. The van der Waals surface area contributed by atoms with E-state index in [0.29, 0.717) is 24.3 Å². The van der Waals surface area contributed by atoms with Crippen molar-refractivity contribution in [3.05, 3.63) is 29.8 Å². The third kappa shape index (κ3) is 6.02. The number of anilines is 1. The van der Waals surface area contributed by atoms with Gasteiger partial charge in [0.2, 0.25) is 5.91 Å². The lowest BCUT2D eigenvalue weighted by Crippen LogP contribution is -2.48. The van der Waals surface area contributed by atoms with Gasteiger partial charge in [0.25, 0.3) is 5.91 Å². The van der Waals surface area contributed by atoms with Gasteiger partial charge in [-0.25, -0.2) is 0 Å². The van der Waals surface area contributed by atoms with Crippen LogP contribution in [0.3, 0.4) is 0 Å². The first-order valence-corrected chi connectivity index (χ1v) is 9.88. The molecule has 2 N–H and O–H groups in total. The predicted molar refractivity (Wildman–Crippen MR) is 105 cm³/mol. The Kier molecular flexibility index (Phi) is 7.20. The molecule has 2 heterocycles. The molecular weight excluding hydrogens is 344 g/mol. The van der Waals surface area contributed by atoms with E-state index in [9.17, 15) is 9.59 Å². The van der Waals surface area contributed by atoms with Gasteiger partial charge in [-0.1, -0.05) is 6.92 Å². The summed E-state index contributed by atoms with van der Waals surface area (Å²) < 4.78 is 5.51. The van der Waals surface area contributed by atoms with Gasteiger partial charge in [0, 0.05) is 50.6 Å². The summed E-state index contributed by atoms with van der Waals surface area (Å²) in [7, 11) is 0. The second kappa shape index (κ2) is 9.82. The highest BCUT2D eigenvalue weighted by atomic mass is 16.5. The summed E-state index contributed by atoms with van der Waals surface area (Å²) in [5.41, 5.74) is 1.30. The average Bonchev–Trinajstić information content (AvgIpc) is 3.21. The number of hydrogen-bond acceptors (Lipinski definition) is 5. The molecule has 1 aromatic carbocycles. The van der Waals surface area contributed by atoms with Gasteiger partial charge in [0.15, 0.2) is 0 Å². The summed E-state index contributed by atoms with van der Waals surface area (Å²) in [6.07, 6.45) is 2.19. The van der Waals surface area contributed by atoms with E-state index in [-0.39, 0.29) is 17.9 Å². The third-order valence-electron chi connectivity index (χ3n) is 5.22. The lowest BCUT2D eigenvalue weighted by molar-refractivity contribution is -0.117. The van der Waals surface area contributed by atoms with E-state index in [1.165, 1.54) is 0 Å². The summed E-state index contributed by atoms with van der Waals surface area (Å²) in [6.45, 7) is 8.82. The van der Waals surface area contributed by atoms with Crippen molar-refractivity contribution >= 4 is 17.5 Å². The zero-order valence-corrected chi connectivity index (χ0v) is 16.1. The lowest BCUT2D eigenvalue weighted by Gasteiger charge is -2.33. The van der Waals surface area contributed by atoms with E-state index in [2.05, 4.69) is 27.4 Å². The van der Waals surface area contributed by atoms with Crippen LogP contribution in [0.5, 0.6) is 0 Å². The Morgan fingerprint density at radius 1 is 1.11 bits per heavy atom. The molecule has 2 amide bonds. The molecule has 0 aliphatic carbocycles. The minimum Gasteiger partial charge on any atom is -0.376 e. The molecule has 0 saturated carbocycles. The second-order valence-corrected chi connectivity index (χ2v) is 7.18. The molecule has 2 aliphatic rings. The molecule has 27 heavy (non-hydrogen) atoms. The molecule has 3 rings (SSSR count). The SMILES string of the molecule is CCN1CCN(CC(=O)Nc2ccc(C(=O)NCC3CCCO3)cc2)CC1. The number of hydrogen-bond donors (Lipinski definition) is 2. The average molecular weight is 374 g/mol. The smallest absolute Gasteiger partial charge is 0.251 e. The van der Waals surface area contributed by atoms with Crippen molar-refractivity contribution in [3.63, 3.8) is 0 Å². The van der Waals surface area contributed by atoms with Gasteiger partial charge < -0.3 is 20.3 Å². The number of ether oxygens (including phenoxy) is 1. The minimum atomic E-state index is -0.114. The first-order chi connectivity index (χ1) is 13.1. The van der Waals surface area contributed by atoms with Crippen LogP contribution in [-0.4, -0.2) is 80.1 Å². The summed E-state index contributed by atoms with van der Waals surface area (Å²) >= 11 is 0. The first-order valence-electron chi connectivity index (χ1n) is 9.88. The first kappa shape index (κ1) is 19.8. The Bertz CT molecular complexity index is 621. The van der Waals surface area contributed by atoms with Crippen molar-refractivity contribution < 1.29 is 14.3 Å². The topological polar surface area (TPSA) is 73.9 Å². The maximum Gasteiger partial charge on any atom is 0.251 e. The maximum atomic E-state index is 12.2. The third-order valence-corrected chi connectivity index (χ3v) is 5.22. The van der Waals surface area contributed by atoms with Gasteiger partial charge in [-0.15, -0.1) is 0 Å². The minimum absolute atomic E-state index is 0.0180. The number of nitrogens with one attached hydrogen (secondary N) is 2. The van der Waals surface area contributed by atoms with Crippen LogP contribution in [0.1, 0.15) is 30.1 Å². The van der Waals surface area contributed by atoms with Crippen LogP contribution >= 0.6 is 0 Å². The monoisotopic (exact) mass is 374 g/mol. The normalized spacial score (nSPS) is 21.1. The zero-order valence-electron chi connectivity index (χ0n) is 16.1. The number of piperazine rings is 1. The molecule has 1 aromatic rings. The largest absolute Gasteiger partial charge is 0.376 e. The molecule has 0 aromatic heterocycles. The highest BCUT2D eigenvalue weighted by Crippen LogP contribution is 2.12. The van der Waals surface area contributed by atoms with Gasteiger partial charge in [-0.3, -0.25) is 14.5 Å². The van der Waals surface area contributed by atoms with E-state index < -0.39 is 0 Å². The molecule has 7 heteroatoms. The molecule has 2 aliphatic heterocycles. The molecule has 7 nitrogen and oxygen atoms in total. The van der Waals surface area contributed by atoms with Crippen LogP contribution in [0.2, 0.25) is 0 Å². The number of benzene rings is 1. The van der Waals surface area contributed by atoms with Gasteiger partial charge >= 0.3 is 0 Å². The highest BCUT2D eigenvalue weighted by molar-refractivity contribution is 5.96. The van der Waals surface area contributed by atoms with Crippen LogP contribution in [0.25, 0.3) is 0 Å². The zero-order chi connectivity index (χ0) is 19.1. The van der Waals surface area contributed by atoms with Crippen molar-refractivity contribution in [2.24, 2.45) is 0 Å². The molecule has 2 saturated heterocycles. The number of rotatable bonds is 7. The second-order valence-electron chi connectivity index (χ2n) is 7.18. The fraction of sp³-hybridized carbons (Fsp3) is 0.600. The fourth-order valence-electron chi connectivity index (χ4n) is 3.49. The summed E-state index contributed by atoms with van der Waals surface area (Å²) in [5.74, 6) is -0.132. The molecule has 1 atom stereocenters. The van der Waals surface area contributed by atoms with Gasteiger partial charge in [0.05, 0.1) is 12.6 Å². The predicted octanol–water partition coefficient (Wildman–Crippen LogP) is 1.17. The maximum absolute atomic E-state index is 12.2. The molecule has 148 valence electrons. The summed E-state index contributed by atoms with van der Waals surface area (Å²) in [6, 6.07) is 7.02. The van der Waals surface area contributed by atoms with Gasteiger partial charge in [0.1, 0.15) is 0 Å². The number of amides is 2. The summed E-state index contributed by atoms with van der Waals surface area (Å²) in [5, 5.41) is 5.81. The van der Waals surface area contributed by atoms with E-state index >= 15 is 0 Å². The number of likely N-dealkylation sites (N-methyl/N-ethyl adjacent to an activating group) is 1. The van der Waals surface area contributed by atoms with Crippen molar-refractivity contribution in [2.45, 2.75) is 25.9 Å². The van der Waals surface area contributed by atoms with Crippen molar-refractivity contribution in [1.82, 2.24) is 15.1 Å². The van der Waals surface area contributed by atoms with Crippen LogP contribution in [-0.2, 0) is 9.53 Å². The molecule has 0 bridgehead atoms. The Labute approximate surface area is 161 Å². The van der Waals surface area contributed by atoms with Crippen LogP contribution in [0, 0.1) is 0 Å². The van der Waals surface area contributed by atoms with Crippen LogP contribution < -0.4 is 10.6 Å². The number of carbonyl (C=O) groups is 2. The Morgan fingerprint density at radius 3 is 2.44 bits per heavy atom. The van der Waals surface area contributed by atoms with E-state index in [1.54, 1.807) is 24.3 Å². The Balaban J connectivity index is 1.41. The van der Waals surface area contributed by atoms with Crippen molar-refractivity contribution in [3.8, 4) is 0 Å².